The number of thiophene rings is 1. The molecule has 2 heterocycles. The molecule has 6 heteroatoms. The molecule has 0 aliphatic heterocycles. The number of benzene rings is 1. The van der Waals surface area contributed by atoms with Crippen LogP contribution < -0.4 is 10.6 Å². The first-order chi connectivity index (χ1) is 11.1. The summed E-state index contributed by atoms with van der Waals surface area (Å²) in [5.41, 5.74) is 3.30. The van der Waals surface area contributed by atoms with E-state index in [0.29, 0.717) is 16.5 Å². The summed E-state index contributed by atoms with van der Waals surface area (Å²) < 4.78 is 0. The molecule has 0 saturated heterocycles. The van der Waals surface area contributed by atoms with Gasteiger partial charge in [0.25, 0.3) is 5.91 Å². The molecule has 0 atom stereocenters. The quantitative estimate of drug-likeness (QED) is 0.756. The molecule has 1 amide bonds. The van der Waals surface area contributed by atoms with Gasteiger partial charge in [0.2, 0.25) is 0 Å². The lowest BCUT2D eigenvalue weighted by Crippen LogP contribution is -2.12. The maximum absolute atomic E-state index is 11.9. The number of hydrogen-bond acceptors (Lipinski definition) is 5. The number of aromatic nitrogens is 2. The van der Waals surface area contributed by atoms with Crippen molar-refractivity contribution in [1.29, 1.82) is 0 Å². The summed E-state index contributed by atoms with van der Waals surface area (Å²) in [5, 5.41) is 16.0. The van der Waals surface area contributed by atoms with Crippen LogP contribution in [0.2, 0.25) is 0 Å². The van der Waals surface area contributed by atoms with Crippen LogP contribution >= 0.6 is 11.3 Å². The van der Waals surface area contributed by atoms with Gasteiger partial charge in [0.15, 0.2) is 11.6 Å². The molecule has 23 heavy (non-hydrogen) atoms. The highest BCUT2D eigenvalue weighted by atomic mass is 32.1. The summed E-state index contributed by atoms with van der Waals surface area (Å²) in [4.78, 5) is 12.6. The van der Waals surface area contributed by atoms with E-state index in [9.17, 15) is 4.79 Å². The zero-order valence-corrected chi connectivity index (χ0v) is 13.6. The Labute approximate surface area is 138 Å². The van der Waals surface area contributed by atoms with E-state index in [2.05, 4.69) is 39.0 Å². The molecule has 3 rings (SSSR count). The summed E-state index contributed by atoms with van der Waals surface area (Å²) >= 11 is 1.39. The van der Waals surface area contributed by atoms with Gasteiger partial charge in [-0.2, -0.15) is 0 Å². The lowest BCUT2D eigenvalue weighted by molar-refractivity contribution is 0.103. The third-order valence-electron chi connectivity index (χ3n) is 3.31. The smallest absolute Gasteiger partial charge is 0.266 e. The molecule has 2 N–H and O–H groups in total. The predicted molar refractivity (Wildman–Crippen MR) is 93.5 cm³/mol. The number of aryl methyl sites for hydroxylation is 2. The van der Waals surface area contributed by atoms with Gasteiger partial charge in [-0.1, -0.05) is 18.2 Å². The van der Waals surface area contributed by atoms with Gasteiger partial charge in [0.05, 0.1) is 4.88 Å². The first-order valence-electron chi connectivity index (χ1n) is 7.15. The molecular formula is C17H16N4OS. The van der Waals surface area contributed by atoms with Gasteiger partial charge in [-0.15, -0.1) is 21.5 Å². The fourth-order valence-corrected chi connectivity index (χ4v) is 2.68. The van der Waals surface area contributed by atoms with E-state index in [1.807, 2.05) is 25.3 Å². The molecule has 5 nitrogen and oxygen atoms in total. The van der Waals surface area contributed by atoms with E-state index >= 15 is 0 Å². The normalized spacial score (nSPS) is 10.3. The molecule has 0 fully saturated rings. The Balaban J connectivity index is 1.70. The van der Waals surface area contributed by atoms with Crippen LogP contribution in [0.15, 0.2) is 47.8 Å². The van der Waals surface area contributed by atoms with Crippen molar-refractivity contribution in [3.8, 4) is 0 Å². The number of carbonyl (C=O) groups excluding carboxylic acids is 1. The number of amides is 1. The lowest BCUT2D eigenvalue weighted by Gasteiger charge is -2.09. The van der Waals surface area contributed by atoms with Gasteiger partial charge in [0, 0.05) is 5.69 Å². The fraction of sp³-hybridized carbons (Fsp3) is 0.118. The Morgan fingerprint density at radius 3 is 2.52 bits per heavy atom. The molecule has 0 unspecified atom stereocenters. The van der Waals surface area contributed by atoms with Crippen molar-refractivity contribution in [2.75, 3.05) is 10.6 Å². The highest BCUT2D eigenvalue weighted by molar-refractivity contribution is 7.12. The summed E-state index contributed by atoms with van der Waals surface area (Å²) in [6.07, 6.45) is 0. The van der Waals surface area contributed by atoms with Gasteiger partial charge in [-0.25, -0.2) is 0 Å². The van der Waals surface area contributed by atoms with E-state index in [0.717, 1.165) is 11.3 Å². The van der Waals surface area contributed by atoms with E-state index < -0.39 is 0 Å². The van der Waals surface area contributed by atoms with Crippen molar-refractivity contribution in [3.63, 3.8) is 0 Å². The van der Waals surface area contributed by atoms with Crippen molar-refractivity contribution < 1.29 is 4.79 Å². The van der Waals surface area contributed by atoms with Crippen LogP contribution in [0.3, 0.4) is 0 Å². The molecule has 0 saturated carbocycles. The van der Waals surface area contributed by atoms with Crippen molar-refractivity contribution in [3.05, 3.63) is 63.8 Å². The predicted octanol–water partition coefficient (Wildman–Crippen LogP) is 4.15. The van der Waals surface area contributed by atoms with Crippen molar-refractivity contribution >= 4 is 34.6 Å². The van der Waals surface area contributed by atoms with Crippen LogP contribution in [0.4, 0.5) is 17.3 Å². The van der Waals surface area contributed by atoms with Gasteiger partial charge >= 0.3 is 0 Å². The SMILES string of the molecule is Cc1ccc(C)c(Nc2ccc(NC(=O)c3cccs3)nn2)c1. The summed E-state index contributed by atoms with van der Waals surface area (Å²) in [6.45, 7) is 4.07. The number of carbonyl (C=O) groups is 1. The second-order valence-electron chi connectivity index (χ2n) is 5.18. The zero-order chi connectivity index (χ0) is 16.2. The van der Waals surface area contributed by atoms with Crippen LogP contribution in [-0.4, -0.2) is 16.1 Å². The number of nitrogens with zero attached hydrogens (tertiary/aromatic N) is 2. The fourth-order valence-electron chi connectivity index (χ4n) is 2.06. The van der Waals surface area contributed by atoms with Gasteiger partial charge in [0.1, 0.15) is 0 Å². The minimum absolute atomic E-state index is 0.176. The average molecular weight is 324 g/mol. The molecule has 0 radical (unpaired) electrons. The average Bonchev–Trinajstić information content (AvgIpc) is 3.07. The topological polar surface area (TPSA) is 66.9 Å². The Bertz CT molecular complexity index is 813. The summed E-state index contributed by atoms with van der Waals surface area (Å²) in [6, 6.07) is 13.3. The zero-order valence-electron chi connectivity index (χ0n) is 12.8. The molecule has 0 aliphatic rings. The number of rotatable bonds is 4. The molecule has 3 aromatic rings. The van der Waals surface area contributed by atoms with Gasteiger partial charge < -0.3 is 10.6 Å². The third kappa shape index (κ3) is 3.73. The molecule has 0 aliphatic carbocycles. The van der Waals surface area contributed by atoms with E-state index in [4.69, 9.17) is 0 Å². The lowest BCUT2D eigenvalue weighted by atomic mass is 10.1. The first-order valence-corrected chi connectivity index (χ1v) is 8.02. The van der Waals surface area contributed by atoms with Crippen LogP contribution in [0.25, 0.3) is 0 Å². The third-order valence-corrected chi connectivity index (χ3v) is 4.18. The summed E-state index contributed by atoms with van der Waals surface area (Å²) in [7, 11) is 0. The second-order valence-corrected chi connectivity index (χ2v) is 6.13. The van der Waals surface area contributed by atoms with E-state index in [1.54, 1.807) is 18.2 Å². The van der Waals surface area contributed by atoms with Crippen LogP contribution in [0.5, 0.6) is 0 Å². The van der Waals surface area contributed by atoms with Crippen LogP contribution in [0.1, 0.15) is 20.8 Å². The molecular weight excluding hydrogens is 308 g/mol. The Kier molecular flexibility index (Phi) is 4.34. The minimum atomic E-state index is -0.176. The number of anilines is 3. The number of nitrogens with one attached hydrogen (secondary N) is 2. The van der Waals surface area contributed by atoms with E-state index in [1.165, 1.54) is 16.9 Å². The van der Waals surface area contributed by atoms with E-state index in [-0.39, 0.29) is 5.91 Å². The molecule has 2 aromatic heterocycles. The highest BCUT2D eigenvalue weighted by Gasteiger charge is 2.08. The minimum Gasteiger partial charge on any atom is -0.339 e. The van der Waals surface area contributed by atoms with Gasteiger partial charge in [-0.05, 0) is 54.6 Å². The molecule has 0 spiro atoms. The van der Waals surface area contributed by atoms with Crippen molar-refractivity contribution in [2.45, 2.75) is 13.8 Å². The van der Waals surface area contributed by atoms with Crippen LogP contribution in [0, 0.1) is 13.8 Å². The Hall–Kier alpha value is -2.73. The summed E-state index contributed by atoms with van der Waals surface area (Å²) in [5.74, 6) is 0.882. The van der Waals surface area contributed by atoms with Crippen molar-refractivity contribution in [2.24, 2.45) is 0 Å². The largest absolute Gasteiger partial charge is 0.339 e. The first kappa shape index (κ1) is 15.2. The highest BCUT2D eigenvalue weighted by Crippen LogP contribution is 2.20. The second kappa shape index (κ2) is 6.58. The van der Waals surface area contributed by atoms with Gasteiger partial charge in [-0.3, -0.25) is 4.79 Å². The molecule has 1 aromatic carbocycles. The Morgan fingerprint density at radius 1 is 1.04 bits per heavy atom. The van der Waals surface area contributed by atoms with Crippen molar-refractivity contribution in [1.82, 2.24) is 10.2 Å². The standard InChI is InChI=1S/C17H16N4OS/c1-11-5-6-12(2)13(10-11)18-15-7-8-16(21-20-15)19-17(22)14-4-3-9-23-14/h3-10H,1-2H3,(H,18,20)(H,19,21,22). The maximum Gasteiger partial charge on any atom is 0.266 e. The number of hydrogen-bond donors (Lipinski definition) is 2. The molecule has 0 bridgehead atoms. The Morgan fingerprint density at radius 2 is 1.83 bits per heavy atom. The van der Waals surface area contributed by atoms with Crippen LogP contribution in [-0.2, 0) is 0 Å². The maximum atomic E-state index is 11.9. The monoisotopic (exact) mass is 324 g/mol. The molecule has 116 valence electrons.